The molecule has 0 amide bonds. The molecule has 3 aromatic rings. The van der Waals surface area contributed by atoms with Crippen molar-refractivity contribution in [3.8, 4) is 5.95 Å². The monoisotopic (exact) mass is 935 g/mol. The van der Waals surface area contributed by atoms with Crippen LogP contribution < -0.4 is 10.3 Å². The van der Waals surface area contributed by atoms with Gasteiger partial charge in [-0.05, 0) is 20.2 Å². The van der Waals surface area contributed by atoms with Gasteiger partial charge >= 0.3 is 0 Å². The number of hydrogen-bond donors (Lipinski definition) is 1. The maximum Gasteiger partial charge on any atom is 0.111 e. The van der Waals surface area contributed by atoms with E-state index in [4.69, 9.17) is 4.74 Å². The molecule has 33 heavy (non-hydrogen) atoms. The summed E-state index contributed by atoms with van der Waals surface area (Å²) in [6.07, 6.45) is 6.11. The topological polar surface area (TPSA) is 91.8 Å². The van der Waals surface area contributed by atoms with E-state index in [1.54, 1.807) is 0 Å². The Morgan fingerprint density at radius 3 is 2.09 bits per heavy atom. The number of anilines is 1. The van der Waals surface area contributed by atoms with Crippen LogP contribution in [-0.4, -0.2) is 37.6 Å². The van der Waals surface area contributed by atoms with Crippen LogP contribution in [0.15, 0.2) is 0 Å². The molecule has 166 valence electrons. The van der Waals surface area contributed by atoms with Gasteiger partial charge in [0.1, 0.15) is 6.23 Å². The molecule has 0 aliphatic rings. The Kier molecular flexibility index (Phi) is 52.3. The van der Waals surface area contributed by atoms with Crippen molar-refractivity contribution in [2.24, 2.45) is 0 Å². The Bertz CT molecular complexity index is 845. The van der Waals surface area contributed by atoms with Gasteiger partial charge in [0, 0.05) is 247 Å². The maximum absolute atomic E-state index is 5.45. The summed E-state index contributed by atoms with van der Waals surface area (Å²) in [4.78, 5) is 17.4. The van der Waals surface area contributed by atoms with Crippen molar-refractivity contribution in [3.05, 3.63) is 23.8 Å². The molecular formula is C15H18N7OV7Y3-3. The summed E-state index contributed by atoms with van der Waals surface area (Å²) in [5.74, 6) is 0.891. The Hall–Kier alpha value is 4.92. The summed E-state index contributed by atoms with van der Waals surface area (Å²) in [5, 5.41) is 7.18. The average molecular weight is 936 g/mol. The van der Waals surface area contributed by atoms with E-state index in [0.717, 1.165) is 23.2 Å². The molecule has 3 aromatic heterocycles. The van der Waals surface area contributed by atoms with Gasteiger partial charge in [-0.2, -0.15) is 0 Å². The molecule has 10 radical (unpaired) electrons. The maximum atomic E-state index is 5.45. The van der Waals surface area contributed by atoms with Crippen LogP contribution in [0.1, 0.15) is 32.0 Å². The van der Waals surface area contributed by atoms with E-state index < -0.39 is 0 Å². The van der Waals surface area contributed by atoms with E-state index in [1.807, 2.05) is 20.8 Å². The number of ether oxygens (including phenoxy) is 1. The smallest absolute Gasteiger partial charge is 0.111 e. The number of fused-ring (bicyclic) bond motifs is 1. The molecule has 1 unspecified atom stereocenters. The minimum absolute atomic E-state index is 0. The summed E-state index contributed by atoms with van der Waals surface area (Å²) >= 11 is 0. The first kappa shape index (κ1) is 57.7. The van der Waals surface area contributed by atoms with Crippen LogP contribution in [0, 0.1) is 19.4 Å². The fraction of sp³-hybridized carbons (Fsp3) is 0.467. The van der Waals surface area contributed by atoms with E-state index in [0.29, 0.717) is 24.0 Å². The molecule has 0 fully saturated rings. The molecule has 0 spiro atoms. The standard InChI is InChI=1S/C15H18N7O.7V.3Y/c1-5-11-9(3)16-7-12-13(11)21-15(20-12)22-14(17-8-18-22)19-10(4)23-6-2;;;;;;;;;;/h10H,5-6H2,1-4H3,(H-,17,18,19,20,21);;;;;;;;;;/q-3;;;;;;;;;;. The van der Waals surface area contributed by atoms with Crippen LogP contribution in [0.25, 0.3) is 17.0 Å². The zero-order chi connectivity index (χ0) is 16.4. The minimum Gasteiger partial charge on any atom is -0.425 e. The van der Waals surface area contributed by atoms with Gasteiger partial charge in [0.15, 0.2) is 0 Å². The normalized spacial score (nSPS) is 8.85. The van der Waals surface area contributed by atoms with Crippen molar-refractivity contribution in [1.29, 1.82) is 0 Å². The molecule has 18 heteroatoms. The Balaban J connectivity index is -0.000000104. The number of nitrogens with one attached hydrogen (secondary N) is 1. The number of imidazole rings is 1. The second kappa shape index (κ2) is 29.9. The van der Waals surface area contributed by atoms with Crippen molar-refractivity contribution in [2.45, 2.75) is 40.3 Å². The van der Waals surface area contributed by atoms with E-state index in [9.17, 15) is 0 Å². The summed E-state index contributed by atoms with van der Waals surface area (Å²) in [7, 11) is 0. The fourth-order valence-corrected chi connectivity index (χ4v) is 2.43. The van der Waals surface area contributed by atoms with Crippen molar-refractivity contribution < 1.29 is 233 Å². The van der Waals surface area contributed by atoms with Crippen molar-refractivity contribution in [2.75, 3.05) is 11.9 Å². The number of rotatable bonds is 6. The molecule has 1 N–H and O–H groups in total. The average Bonchev–Trinajstić information content (AvgIpc) is 3.13. The van der Waals surface area contributed by atoms with Gasteiger partial charge in [-0.15, -0.1) is 11.1 Å². The van der Waals surface area contributed by atoms with E-state index >= 15 is 0 Å². The third kappa shape index (κ3) is 16.1. The fourth-order valence-electron chi connectivity index (χ4n) is 2.43. The molecule has 0 aliphatic heterocycles. The molecule has 1 atom stereocenters. The van der Waals surface area contributed by atoms with Gasteiger partial charge in [0.25, 0.3) is 0 Å². The molecule has 0 bridgehead atoms. The van der Waals surface area contributed by atoms with Crippen LogP contribution in [-0.2, 0) is 239 Å². The van der Waals surface area contributed by atoms with Gasteiger partial charge in [-0.3, -0.25) is 0 Å². The number of pyridine rings is 1. The van der Waals surface area contributed by atoms with E-state index in [2.05, 4.69) is 49.8 Å². The van der Waals surface area contributed by atoms with Crippen LogP contribution in [0.2, 0.25) is 0 Å². The minimum atomic E-state index is -0.206. The van der Waals surface area contributed by atoms with Crippen LogP contribution >= 0.6 is 0 Å². The van der Waals surface area contributed by atoms with Gasteiger partial charge in [-0.25, -0.2) is 0 Å². The Labute approximate surface area is 354 Å². The Morgan fingerprint density at radius 2 is 1.58 bits per heavy atom. The summed E-state index contributed by atoms with van der Waals surface area (Å²) in [5.41, 5.74) is 3.41. The molecule has 8 nitrogen and oxygen atoms in total. The Morgan fingerprint density at radius 1 is 1.00 bits per heavy atom. The third-order valence-corrected chi connectivity index (χ3v) is 3.49. The predicted octanol–water partition coefficient (Wildman–Crippen LogP) is 1.41. The van der Waals surface area contributed by atoms with Crippen molar-refractivity contribution >= 4 is 17.0 Å². The number of aryl methyl sites for hydroxylation is 2. The number of hydrogen-bond acceptors (Lipinski definition) is 6. The molecule has 0 saturated heterocycles. The quantitative estimate of drug-likeness (QED) is 0.296. The van der Waals surface area contributed by atoms with Gasteiger partial charge in [0.05, 0.1) is 0 Å². The first-order valence-electron chi connectivity index (χ1n) is 7.57. The molecule has 3 rings (SSSR count). The number of aromatic nitrogens is 6. The molecule has 3 heterocycles. The largest absolute Gasteiger partial charge is 0.425 e. The third-order valence-electron chi connectivity index (χ3n) is 3.49. The second-order valence-corrected chi connectivity index (χ2v) is 5.05. The first-order chi connectivity index (χ1) is 11.1. The zero-order valence-electron chi connectivity index (χ0n) is 18.4. The van der Waals surface area contributed by atoms with Crippen molar-refractivity contribution in [1.82, 2.24) is 29.7 Å². The van der Waals surface area contributed by atoms with E-state index in [1.165, 1.54) is 4.68 Å². The molecule has 0 saturated carbocycles. The van der Waals surface area contributed by atoms with Crippen LogP contribution in [0.4, 0.5) is 5.95 Å². The van der Waals surface area contributed by atoms with Gasteiger partial charge in [0.2, 0.25) is 0 Å². The van der Waals surface area contributed by atoms with Crippen molar-refractivity contribution in [3.63, 3.8) is 0 Å². The van der Waals surface area contributed by atoms with Gasteiger partial charge in [-0.1, -0.05) is 37.7 Å². The predicted molar refractivity (Wildman–Crippen MR) is 84.3 cm³/mol. The van der Waals surface area contributed by atoms with Gasteiger partial charge < -0.3 is 39.8 Å². The second-order valence-electron chi connectivity index (χ2n) is 5.05. The summed E-state index contributed by atoms with van der Waals surface area (Å²) < 4.78 is 6.95. The molecule has 0 aromatic carbocycles. The number of nitrogens with zero attached hydrogens (tertiary/aromatic N) is 6. The molecular weight excluding hydrogens is 918 g/mol. The zero-order valence-corrected chi connectivity index (χ0v) is 36.7. The first-order valence-corrected chi connectivity index (χ1v) is 7.57. The van der Waals surface area contributed by atoms with Crippen LogP contribution in [0.3, 0.4) is 0 Å². The van der Waals surface area contributed by atoms with E-state index in [-0.39, 0.29) is 234 Å². The summed E-state index contributed by atoms with van der Waals surface area (Å²) in [6.45, 7) is 8.43. The summed E-state index contributed by atoms with van der Waals surface area (Å²) in [6, 6.07) is 0. The SMILES string of the molecule is CCOC(C)Nc1n[c-]nn1-c1nc2[c-]nc(C)c(CC)c2[n-]1.[V].[V].[V].[V].[V].[V].[V].[Y].[Y].[Y]. The van der Waals surface area contributed by atoms with Crippen LogP contribution in [0.5, 0.6) is 0 Å². The molecule has 0 aliphatic carbocycles.